The van der Waals surface area contributed by atoms with Crippen molar-refractivity contribution in [2.75, 3.05) is 5.32 Å². The molecule has 3 unspecified atom stereocenters. The van der Waals surface area contributed by atoms with Crippen LogP contribution in [0.4, 0.5) is 5.69 Å². The monoisotopic (exact) mass is 239 g/mol. The summed E-state index contributed by atoms with van der Waals surface area (Å²) >= 11 is 5.93. The van der Waals surface area contributed by atoms with Crippen molar-refractivity contribution in [2.45, 2.75) is 31.7 Å². The molecule has 2 fully saturated rings. The van der Waals surface area contributed by atoms with E-state index >= 15 is 0 Å². The first-order chi connectivity index (χ1) is 7.74. The maximum absolute atomic E-state index is 11.3. The van der Waals surface area contributed by atoms with Crippen LogP contribution in [0.5, 0.6) is 0 Å². The first kappa shape index (κ1) is 10.1. The molecule has 2 N–H and O–H groups in total. The molecule has 2 bridgehead atoms. The van der Waals surface area contributed by atoms with Crippen molar-refractivity contribution in [3.8, 4) is 0 Å². The van der Waals surface area contributed by atoms with E-state index in [4.69, 9.17) is 11.6 Å². The van der Waals surface area contributed by atoms with Crippen LogP contribution in [0, 0.1) is 11.8 Å². The van der Waals surface area contributed by atoms with Gasteiger partial charge in [0.05, 0.1) is 11.9 Å². The van der Waals surface area contributed by atoms with Gasteiger partial charge in [0.2, 0.25) is 0 Å². The molecule has 2 aliphatic rings. The number of nitrogens with zero attached hydrogens (tertiary/aromatic N) is 1. The summed E-state index contributed by atoms with van der Waals surface area (Å²) in [4.78, 5) is 11.3. The highest BCUT2D eigenvalue weighted by Gasteiger charge is 2.39. The van der Waals surface area contributed by atoms with Crippen LogP contribution in [0.2, 0.25) is 5.02 Å². The van der Waals surface area contributed by atoms with Crippen LogP contribution >= 0.6 is 11.6 Å². The van der Waals surface area contributed by atoms with E-state index in [0.717, 1.165) is 11.8 Å². The van der Waals surface area contributed by atoms with Crippen molar-refractivity contribution in [2.24, 2.45) is 11.8 Å². The lowest BCUT2D eigenvalue weighted by atomic mass is 9.95. The van der Waals surface area contributed by atoms with E-state index in [9.17, 15) is 4.79 Å². The smallest absolute Gasteiger partial charge is 0.285 e. The Kier molecular flexibility index (Phi) is 2.39. The molecule has 2 aliphatic carbocycles. The van der Waals surface area contributed by atoms with Crippen LogP contribution in [-0.2, 0) is 0 Å². The number of hydrogen-bond acceptors (Lipinski definition) is 3. The quantitative estimate of drug-likeness (QED) is 0.830. The fraction of sp³-hybridized carbons (Fsp3) is 0.636. The van der Waals surface area contributed by atoms with E-state index in [1.54, 1.807) is 6.20 Å². The normalized spacial score (nSPS) is 31.9. The third-order valence-corrected chi connectivity index (χ3v) is 4.25. The summed E-state index contributed by atoms with van der Waals surface area (Å²) in [6.45, 7) is 0. The van der Waals surface area contributed by atoms with Gasteiger partial charge in [0.15, 0.2) is 0 Å². The van der Waals surface area contributed by atoms with Crippen LogP contribution in [-0.4, -0.2) is 16.2 Å². The molecule has 0 saturated heterocycles. The minimum Gasteiger partial charge on any atom is -0.379 e. The van der Waals surface area contributed by atoms with Crippen molar-refractivity contribution < 1.29 is 0 Å². The summed E-state index contributed by atoms with van der Waals surface area (Å²) < 4.78 is 0. The van der Waals surface area contributed by atoms with Crippen molar-refractivity contribution in [1.29, 1.82) is 0 Å². The van der Waals surface area contributed by atoms with Crippen LogP contribution in [0.3, 0.4) is 0 Å². The molecule has 2 saturated carbocycles. The van der Waals surface area contributed by atoms with Crippen molar-refractivity contribution >= 4 is 17.3 Å². The van der Waals surface area contributed by atoms with Gasteiger partial charge in [-0.15, -0.1) is 0 Å². The summed E-state index contributed by atoms with van der Waals surface area (Å²) in [5.74, 6) is 1.62. The highest BCUT2D eigenvalue weighted by Crippen LogP contribution is 2.45. The zero-order valence-electron chi connectivity index (χ0n) is 8.87. The van der Waals surface area contributed by atoms with Gasteiger partial charge in [0.25, 0.3) is 5.56 Å². The zero-order valence-corrected chi connectivity index (χ0v) is 9.63. The number of rotatable bonds is 2. The summed E-state index contributed by atoms with van der Waals surface area (Å²) in [6, 6.07) is 0.472. The first-order valence-corrected chi connectivity index (χ1v) is 6.11. The van der Waals surface area contributed by atoms with Gasteiger partial charge in [-0.05, 0) is 31.1 Å². The van der Waals surface area contributed by atoms with Crippen LogP contribution in [0.1, 0.15) is 25.7 Å². The van der Waals surface area contributed by atoms with Gasteiger partial charge in [-0.3, -0.25) is 4.79 Å². The van der Waals surface area contributed by atoms with Gasteiger partial charge in [-0.1, -0.05) is 18.0 Å². The average Bonchev–Trinajstić information content (AvgIpc) is 2.86. The van der Waals surface area contributed by atoms with Crippen molar-refractivity contribution in [3.05, 3.63) is 21.6 Å². The van der Waals surface area contributed by atoms with E-state index in [2.05, 4.69) is 15.5 Å². The molecule has 86 valence electrons. The number of aromatic nitrogens is 2. The summed E-state index contributed by atoms with van der Waals surface area (Å²) in [7, 11) is 0. The molecule has 0 aromatic carbocycles. The Morgan fingerprint density at radius 1 is 1.44 bits per heavy atom. The summed E-state index contributed by atoms with van der Waals surface area (Å²) in [5, 5.41) is 9.67. The van der Waals surface area contributed by atoms with Gasteiger partial charge < -0.3 is 5.32 Å². The van der Waals surface area contributed by atoms with Crippen molar-refractivity contribution in [1.82, 2.24) is 10.2 Å². The second-order valence-electron chi connectivity index (χ2n) is 4.85. The van der Waals surface area contributed by atoms with E-state index in [1.807, 2.05) is 0 Å². The Morgan fingerprint density at radius 2 is 2.31 bits per heavy atom. The standard InChI is InChI=1S/C11H14ClN3O/c12-10-9(5-13-15-11(10)16)14-8-4-6-1-2-7(8)3-6/h5-8H,1-4H2,(H2,14,15,16). The summed E-state index contributed by atoms with van der Waals surface area (Å²) in [5.41, 5.74) is 0.345. The number of halogens is 1. The predicted octanol–water partition coefficient (Wildman–Crippen LogP) is 2.02. The number of hydrogen-bond donors (Lipinski definition) is 2. The Morgan fingerprint density at radius 3 is 3.00 bits per heavy atom. The molecule has 0 radical (unpaired) electrons. The minimum absolute atomic E-state index is 0.220. The Balaban J connectivity index is 1.80. The maximum atomic E-state index is 11.3. The minimum atomic E-state index is -0.324. The van der Waals surface area contributed by atoms with Gasteiger partial charge >= 0.3 is 0 Å². The van der Waals surface area contributed by atoms with Crippen LogP contribution < -0.4 is 10.9 Å². The molecule has 4 nitrogen and oxygen atoms in total. The van der Waals surface area contributed by atoms with E-state index in [-0.39, 0.29) is 10.6 Å². The molecule has 16 heavy (non-hydrogen) atoms. The first-order valence-electron chi connectivity index (χ1n) is 5.74. The number of H-pyrrole nitrogens is 1. The molecular formula is C11H14ClN3O. The molecule has 3 rings (SSSR count). The van der Waals surface area contributed by atoms with Gasteiger partial charge in [0, 0.05) is 6.04 Å². The van der Waals surface area contributed by atoms with Crippen LogP contribution in [0.25, 0.3) is 0 Å². The van der Waals surface area contributed by atoms with Crippen LogP contribution in [0.15, 0.2) is 11.0 Å². The van der Waals surface area contributed by atoms with E-state index in [1.165, 1.54) is 25.7 Å². The zero-order chi connectivity index (χ0) is 11.1. The topological polar surface area (TPSA) is 57.8 Å². The van der Waals surface area contributed by atoms with Crippen molar-refractivity contribution in [3.63, 3.8) is 0 Å². The van der Waals surface area contributed by atoms with E-state index < -0.39 is 0 Å². The fourth-order valence-electron chi connectivity index (χ4n) is 3.11. The average molecular weight is 240 g/mol. The second kappa shape index (κ2) is 3.77. The number of nitrogens with one attached hydrogen (secondary N) is 2. The SMILES string of the molecule is O=c1[nH]ncc(NC2CC3CCC2C3)c1Cl. The highest BCUT2D eigenvalue weighted by atomic mass is 35.5. The Bertz CT molecular complexity index is 459. The lowest BCUT2D eigenvalue weighted by Gasteiger charge is -2.23. The largest absolute Gasteiger partial charge is 0.379 e. The molecule has 0 amide bonds. The second-order valence-corrected chi connectivity index (χ2v) is 5.23. The molecular weight excluding hydrogens is 226 g/mol. The van der Waals surface area contributed by atoms with Gasteiger partial charge in [-0.25, -0.2) is 5.10 Å². The van der Waals surface area contributed by atoms with Gasteiger partial charge in [-0.2, -0.15) is 5.10 Å². The number of anilines is 1. The number of fused-ring (bicyclic) bond motifs is 2. The Labute approximate surface area is 98.4 Å². The lowest BCUT2D eigenvalue weighted by molar-refractivity contribution is 0.439. The third kappa shape index (κ3) is 1.61. The van der Waals surface area contributed by atoms with Gasteiger partial charge in [0.1, 0.15) is 5.02 Å². The molecule has 1 aromatic rings. The molecule has 0 aliphatic heterocycles. The van der Waals surface area contributed by atoms with E-state index in [0.29, 0.717) is 11.7 Å². The molecule has 1 aromatic heterocycles. The maximum Gasteiger partial charge on any atom is 0.285 e. The number of aromatic amines is 1. The third-order valence-electron chi connectivity index (χ3n) is 3.87. The molecule has 0 spiro atoms. The predicted molar refractivity (Wildman–Crippen MR) is 62.7 cm³/mol. The fourth-order valence-corrected chi connectivity index (χ4v) is 3.25. The molecule has 3 atom stereocenters. The Hall–Kier alpha value is -1.03. The lowest BCUT2D eigenvalue weighted by Crippen LogP contribution is -2.27. The highest BCUT2D eigenvalue weighted by molar-refractivity contribution is 6.32. The molecule has 5 heteroatoms. The summed E-state index contributed by atoms with van der Waals surface area (Å²) in [6.07, 6.45) is 6.79. The molecule has 1 heterocycles.